The summed E-state index contributed by atoms with van der Waals surface area (Å²) >= 11 is 3.39. The monoisotopic (exact) mass is 361 g/mol. The first-order chi connectivity index (χ1) is 10.6. The van der Waals surface area contributed by atoms with E-state index in [0.717, 1.165) is 27.1 Å². The molecule has 1 heterocycles. The van der Waals surface area contributed by atoms with Crippen LogP contribution in [0.2, 0.25) is 0 Å². The maximum Gasteiger partial charge on any atom is 0.231 e. The fourth-order valence-corrected chi connectivity index (χ4v) is 2.58. The van der Waals surface area contributed by atoms with Crippen molar-refractivity contribution in [3.8, 4) is 11.5 Å². The zero-order valence-electron chi connectivity index (χ0n) is 12.2. The summed E-state index contributed by atoms with van der Waals surface area (Å²) < 4.78 is 11.7. The number of rotatable bonds is 4. The molecule has 0 unspecified atom stereocenters. The van der Waals surface area contributed by atoms with Gasteiger partial charge in [0.15, 0.2) is 11.5 Å². The van der Waals surface area contributed by atoms with Crippen LogP contribution >= 0.6 is 15.9 Å². The minimum absolute atomic E-state index is 0.0833. The van der Waals surface area contributed by atoms with Gasteiger partial charge in [0.05, 0.1) is 6.42 Å². The lowest BCUT2D eigenvalue weighted by Gasteiger charge is -2.17. The summed E-state index contributed by atoms with van der Waals surface area (Å²) in [6.07, 6.45) is 0.397. The summed E-state index contributed by atoms with van der Waals surface area (Å²) in [6, 6.07) is 13.6. The first kappa shape index (κ1) is 14.9. The van der Waals surface area contributed by atoms with Gasteiger partial charge in [-0.1, -0.05) is 34.1 Å². The van der Waals surface area contributed by atoms with E-state index in [2.05, 4.69) is 15.9 Å². The lowest BCUT2D eigenvalue weighted by atomic mass is 10.1. The van der Waals surface area contributed by atoms with Gasteiger partial charge in [-0.2, -0.15) is 0 Å². The number of carbonyl (C=O) groups is 1. The van der Waals surface area contributed by atoms with Gasteiger partial charge in [-0.05, 0) is 35.4 Å². The summed E-state index contributed by atoms with van der Waals surface area (Å²) in [5.74, 6) is 1.58. The molecule has 0 fully saturated rings. The number of nitrogens with zero attached hydrogens (tertiary/aromatic N) is 1. The highest BCUT2D eigenvalue weighted by molar-refractivity contribution is 9.10. The third-order valence-corrected chi connectivity index (χ3v) is 4.08. The van der Waals surface area contributed by atoms with Crippen LogP contribution in [-0.2, 0) is 17.8 Å². The van der Waals surface area contributed by atoms with Gasteiger partial charge in [-0.25, -0.2) is 0 Å². The lowest BCUT2D eigenvalue weighted by molar-refractivity contribution is -0.129. The van der Waals surface area contributed by atoms with E-state index >= 15 is 0 Å². The molecule has 0 aromatic heterocycles. The normalized spacial score (nSPS) is 12.3. The van der Waals surface area contributed by atoms with Crippen molar-refractivity contribution in [2.75, 3.05) is 13.8 Å². The van der Waals surface area contributed by atoms with Crippen molar-refractivity contribution in [1.82, 2.24) is 4.90 Å². The van der Waals surface area contributed by atoms with Crippen molar-refractivity contribution in [1.29, 1.82) is 0 Å². The molecule has 1 aliphatic heterocycles. The second-order valence-corrected chi connectivity index (χ2v) is 6.16. The van der Waals surface area contributed by atoms with Crippen molar-refractivity contribution in [3.63, 3.8) is 0 Å². The van der Waals surface area contributed by atoms with Crippen LogP contribution in [0.4, 0.5) is 0 Å². The van der Waals surface area contributed by atoms with E-state index < -0.39 is 0 Å². The van der Waals surface area contributed by atoms with Crippen LogP contribution in [0.3, 0.4) is 0 Å². The SMILES string of the molecule is CN(Cc1ccc2c(c1)OCO2)C(=O)Cc1ccc(Br)cc1. The maximum absolute atomic E-state index is 12.3. The van der Waals surface area contributed by atoms with Gasteiger partial charge in [-0.3, -0.25) is 4.79 Å². The molecule has 2 aromatic rings. The minimum atomic E-state index is 0.0833. The quantitative estimate of drug-likeness (QED) is 0.837. The minimum Gasteiger partial charge on any atom is -0.454 e. The number of ether oxygens (including phenoxy) is 2. The molecule has 1 amide bonds. The van der Waals surface area contributed by atoms with Crippen LogP contribution in [0.5, 0.6) is 11.5 Å². The Bertz CT molecular complexity index is 685. The Kier molecular flexibility index (Phi) is 4.34. The third kappa shape index (κ3) is 3.42. The van der Waals surface area contributed by atoms with Crippen LogP contribution in [0, 0.1) is 0 Å². The Labute approximate surface area is 137 Å². The molecule has 0 bridgehead atoms. The average Bonchev–Trinajstić information content (AvgIpc) is 2.97. The van der Waals surface area contributed by atoms with Crippen molar-refractivity contribution < 1.29 is 14.3 Å². The summed E-state index contributed by atoms with van der Waals surface area (Å²) in [4.78, 5) is 14.0. The largest absolute Gasteiger partial charge is 0.454 e. The highest BCUT2D eigenvalue weighted by Crippen LogP contribution is 2.32. The van der Waals surface area contributed by atoms with Gasteiger partial charge >= 0.3 is 0 Å². The Morgan fingerprint density at radius 3 is 2.55 bits per heavy atom. The number of likely N-dealkylation sites (N-methyl/N-ethyl adjacent to an activating group) is 1. The van der Waals surface area contributed by atoms with E-state index in [4.69, 9.17) is 9.47 Å². The molecule has 1 aliphatic rings. The van der Waals surface area contributed by atoms with Crippen molar-refractivity contribution in [2.24, 2.45) is 0 Å². The molecule has 0 saturated heterocycles. The molecule has 114 valence electrons. The van der Waals surface area contributed by atoms with Crippen LogP contribution < -0.4 is 9.47 Å². The zero-order chi connectivity index (χ0) is 15.5. The van der Waals surface area contributed by atoms with Crippen molar-refractivity contribution in [2.45, 2.75) is 13.0 Å². The van der Waals surface area contributed by atoms with E-state index in [1.54, 1.807) is 4.90 Å². The molecule has 0 aliphatic carbocycles. The van der Waals surface area contributed by atoms with Gasteiger partial charge in [0.2, 0.25) is 12.7 Å². The number of hydrogen-bond donors (Lipinski definition) is 0. The lowest BCUT2D eigenvalue weighted by Crippen LogP contribution is -2.27. The summed E-state index contributed by atoms with van der Waals surface area (Å²) in [5, 5.41) is 0. The molecule has 3 rings (SSSR count). The molecule has 0 N–H and O–H groups in total. The maximum atomic E-state index is 12.3. The number of benzene rings is 2. The van der Waals surface area contributed by atoms with Crippen LogP contribution in [0.15, 0.2) is 46.9 Å². The molecule has 0 radical (unpaired) electrons. The second kappa shape index (κ2) is 6.40. The molecule has 22 heavy (non-hydrogen) atoms. The van der Waals surface area contributed by atoms with Gasteiger partial charge in [0.1, 0.15) is 0 Å². The van der Waals surface area contributed by atoms with Gasteiger partial charge in [0.25, 0.3) is 0 Å². The van der Waals surface area contributed by atoms with E-state index in [1.165, 1.54) is 0 Å². The highest BCUT2D eigenvalue weighted by Gasteiger charge is 2.15. The number of amides is 1. The number of halogens is 1. The molecule has 0 spiro atoms. The topological polar surface area (TPSA) is 38.8 Å². The van der Waals surface area contributed by atoms with Crippen molar-refractivity contribution in [3.05, 3.63) is 58.1 Å². The fraction of sp³-hybridized carbons (Fsp3) is 0.235. The molecular weight excluding hydrogens is 346 g/mol. The van der Waals surface area contributed by atoms with Crippen LogP contribution in [0.25, 0.3) is 0 Å². The molecule has 2 aromatic carbocycles. The average molecular weight is 362 g/mol. The van der Waals surface area contributed by atoms with Crippen molar-refractivity contribution >= 4 is 21.8 Å². The standard InChI is InChI=1S/C17H16BrNO3/c1-19(17(20)9-12-2-5-14(18)6-3-12)10-13-4-7-15-16(8-13)22-11-21-15/h2-8H,9-11H2,1H3. The highest BCUT2D eigenvalue weighted by atomic mass is 79.9. The summed E-state index contributed by atoms with van der Waals surface area (Å²) in [6.45, 7) is 0.809. The Hall–Kier alpha value is -2.01. The number of hydrogen-bond acceptors (Lipinski definition) is 3. The second-order valence-electron chi connectivity index (χ2n) is 5.24. The third-order valence-electron chi connectivity index (χ3n) is 3.55. The molecule has 0 saturated carbocycles. The molecular formula is C17H16BrNO3. The van der Waals surface area contributed by atoms with E-state index in [1.807, 2.05) is 49.5 Å². The smallest absolute Gasteiger partial charge is 0.231 e. The van der Waals surface area contributed by atoms with Gasteiger partial charge < -0.3 is 14.4 Å². The molecule has 0 atom stereocenters. The van der Waals surface area contributed by atoms with Gasteiger partial charge in [-0.15, -0.1) is 0 Å². The predicted molar refractivity (Wildman–Crippen MR) is 86.9 cm³/mol. The van der Waals surface area contributed by atoms with E-state index in [0.29, 0.717) is 13.0 Å². The number of carbonyl (C=O) groups excluding carboxylic acids is 1. The Balaban J connectivity index is 1.62. The van der Waals surface area contributed by atoms with Crippen LogP contribution in [-0.4, -0.2) is 24.6 Å². The van der Waals surface area contributed by atoms with E-state index in [-0.39, 0.29) is 12.7 Å². The first-order valence-corrected chi connectivity index (χ1v) is 7.78. The molecule has 4 nitrogen and oxygen atoms in total. The Morgan fingerprint density at radius 2 is 1.77 bits per heavy atom. The summed E-state index contributed by atoms with van der Waals surface area (Å²) in [5.41, 5.74) is 2.03. The summed E-state index contributed by atoms with van der Waals surface area (Å²) in [7, 11) is 1.81. The fourth-order valence-electron chi connectivity index (χ4n) is 2.31. The Morgan fingerprint density at radius 1 is 1.09 bits per heavy atom. The molecule has 5 heteroatoms. The van der Waals surface area contributed by atoms with Crippen LogP contribution in [0.1, 0.15) is 11.1 Å². The predicted octanol–water partition coefficient (Wildman–Crippen LogP) is 3.38. The first-order valence-electron chi connectivity index (χ1n) is 6.99. The zero-order valence-corrected chi connectivity index (χ0v) is 13.8. The van der Waals surface area contributed by atoms with E-state index in [9.17, 15) is 4.79 Å². The number of fused-ring (bicyclic) bond motifs is 1. The van der Waals surface area contributed by atoms with Gasteiger partial charge in [0, 0.05) is 18.1 Å².